The topological polar surface area (TPSA) is 90.9 Å². The number of oxime groups is 1. The van der Waals surface area contributed by atoms with Crippen LogP contribution < -0.4 is 11.1 Å². The molecule has 0 radical (unpaired) electrons. The Balaban J connectivity index is 2.00. The first-order valence-corrected chi connectivity index (χ1v) is 7.57. The van der Waals surface area contributed by atoms with E-state index in [2.05, 4.69) is 10.5 Å². The zero-order chi connectivity index (χ0) is 15.2. The molecule has 2 rings (SSSR count). The molecule has 2 atom stereocenters. The Morgan fingerprint density at radius 2 is 2.14 bits per heavy atom. The van der Waals surface area contributed by atoms with Gasteiger partial charge in [-0.15, -0.1) is 0 Å². The van der Waals surface area contributed by atoms with Gasteiger partial charge in [-0.2, -0.15) is 0 Å². The van der Waals surface area contributed by atoms with Crippen LogP contribution in [0.15, 0.2) is 23.4 Å². The number of aryl methyl sites for hydroxylation is 1. The average Bonchev–Trinajstić information content (AvgIpc) is 2.53. The fraction of sp³-hybridized carbons (Fsp3) is 0.562. The highest BCUT2D eigenvalue weighted by Gasteiger charge is 2.23. The van der Waals surface area contributed by atoms with E-state index in [0.717, 1.165) is 30.5 Å². The van der Waals surface area contributed by atoms with Gasteiger partial charge >= 0.3 is 0 Å². The minimum Gasteiger partial charge on any atom is -0.409 e. The van der Waals surface area contributed by atoms with Gasteiger partial charge in [-0.25, -0.2) is 0 Å². The van der Waals surface area contributed by atoms with Crippen molar-refractivity contribution in [2.45, 2.75) is 45.2 Å². The molecule has 1 aromatic rings. The van der Waals surface area contributed by atoms with Crippen molar-refractivity contribution in [2.24, 2.45) is 16.8 Å². The SMILES string of the molecule is Cc1cc(/C(N)=N/O)ccc1CNC1CCCCC1CO. The molecule has 0 bridgehead atoms. The van der Waals surface area contributed by atoms with Crippen molar-refractivity contribution in [3.63, 3.8) is 0 Å². The van der Waals surface area contributed by atoms with Crippen molar-refractivity contribution in [3.05, 3.63) is 34.9 Å². The largest absolute Gasteiger partial charge is 0.409 e. The summed E-state index contributed by atoms with van der Waals surface area (Å²) in [6.07, 6.45) is 4.69. The predicted molar refractivity (Wildman–Crippen MR) is 83.4 cm³/mol. The lowest BCUT2D eigenvalue weighted by Gasteiger charge is -2.31. The number of hydrogen-bond donors (Lipinski definition) is 4. The lowest BCUT2D eigenvalue weighted by Crippen LogP contribution is -2.39. The molecule has 0 aliphatic heterocycles. The van der Waals surface area contributed by atoms with Crippen molar-refractivity contribution in [2.75, 3.05) is 6.61 Å². The van der Waals surface area contributed by atoms with Crippen LogP contribution in [-0.2, 0) is 6.54 Å². The molecule has 1 aliphatic rings. The Labute approximate surface area is 125 Å². The maximum absolute atomic E-state index is 9.45. The minimum atomic E-state index is 0.130. The van der Waals surface area contributed by atoms with Crippen LogP contribution >= 0.6 is 0 Å². The van der Waals surface area contributed by atoms with Gasteiger partial charge in [0, 0.05) is 24.8 Å². The number of nitrogens with one attached hydrogen (secondary N) is 1. The Hall–Kier alpha value is -1.59. The summed E-state index contributed by atoms with van der Waals surface area (Å²) in [7, 11) is 0. The molecule has 1 aliphatic carbocycles. The van der Waals surface area contributed by atoms with E-state index in [1.807, 2.05) is 25.1 Å². The quantitative estimate of drug-likeness (QED) is 0.288. The first kappa shape index (κ1) is 15.8. The van der Waals surface area contributed by atoms with Gasteiger partial charge in [-0.05, 0) is 42.9 Å². The molecule has 1 aromatic carbocycles. The second-order valence-corrected chi connectivity index (χ2v) is 5.84. The Bertz CT molecular complexity index is 502. The summed E-state index contributed by atoms with van der Waals surface area (Å²) in [6, 6.07) is 6.19. The third-order valence-electron chi connectivity index (χ3n) is 4.44. The average molecular weight is 291 g/mol. The summed E-state index contributed by atoms with van der Waals surface area (Å²) in [4.78, 5) is 0. The molecule has 21 heavy (non-hydrogen) atoms. The molecule has 0 heterocycles. The maximum Gasteiger partial charge on any atom is 0.170 e. The minimum absolute atomic E-state index is 0.130. The number of benzene rings is 1. The molecular formula is C16H25N3O2. The molecule has 1 saturated carbocycles. The summed E-state index contributed by atoms with van der Waals surface area (Å²) < 4.78 is 0. The van der Waals surface area contributed by atoms with Gasteiger partial charge in [-0.1, -0.05) is 30.1 Å². The van der Waals surface area contributed by atoms with Crippen LogP contribution in [0.1, 0.15) is 42.4 Å². The van der Waals surface area contributed by atoms with Crippen LogP contribution in [0.2, 0.25) is 0 Å². The van der Waals surface area contributed by atoms with Gasteiger partial charge in [0.25, 0.3) is 0 Å². The first-order chi connectivity index (χ1) is 10.2. The van der Waals surface area contributed by atoms with Crippen LogP contribution in [0.25, 0.3) is 0 Å². The van der Waals surface area contributed by atoms with E-state index >= 15 is 0 Å². The molecule has 5 heteroatoms. The summed E-state index contributed by atoms with van der Waals surface area (Å²) in [5.41, 5.74) is 8.64. The van der Waals surface area contributed by atoms with E-state index < -0.39 is 0 Å². The molecule has 5 nitrogen and oxygen atoms in total. The molecule has 0 spiro atoms. The van der Waals surface area contributed by atoms with Gasteiger partial charge < -0.3 is 21.4 Å². The van der Waals surface area contributed by atoms with E-state index in [0.29, 0.717) is 12.0 Å². The number of aliphatic hydroxyl groups is 1. The molecule has 1 fully saturated rings. The maximum atomic E-state index is 9.45. The number of rotatable bonds is 5. The standard InChI is InChI=1S/C16H25N3O2/c1-11-8-12(16(17)19-21)6-7-13(11)9-18-15-5-3-2-4-14(15)10-20/h6-8,14-15,18,20-21H,2-5,9-10H2,1H3,(H2,17,19). The smallest absolute Gasteiger partial charge is 0.170 e. The van der Waals surface area contributed by atoms with E-state index in [1.165, 1.54) is 18.4 Å². The summed E-state index contributed by atoms with van der Waals surface area (Å²) in [5, 5.41) is 24.7. The molecule has 0 saturated heterocycles. The Morgan fingerprint density at radius 3 is 2.81 bits per heavy atom. The highest BCUT2D eigenvalue weighted by atomic mass is 16.4. The number of nitrogens with zero attached hydrogens (tertiary/aromatic N) is 1. The third-order valence-corrected chi connectivity index (χ3v) is 4.44. The monoisotopic (exact) mass is 291 g/mol. The highest BCUT2D eigenvalue weighted by molar-refractivity contribution is 5.97. The van der Waals surface area contributed by atoms with Gasteiger partial charge in [-0.3, -0.25) is 0 Å². The van der Waals surface area contributed by atoms with Crippen LogP contribution in [0.5, 0.6) is 0 Å². The van der Waals surface area contributed by atoms with Crippen molar-refractivity contribution < 1.29 is 10.3 Å². The highest BCUT2D eigenvalue weighted by Crippen LogP contribution is 2.24. The van der Waals surface area contributed by atoms with Crippen LogP contribution in [-0.4, -0.2) is 28.8 Å². The summed E-state index contributed by atoms with van der Waals surface area (Å²) >= 11 is 0. The van der Waals surface area contributed by atoms with E-state index in [-0.39, 0.29) is 12.4 Å². The van der Waals surface area contributed by atoms with E-state index in [4.69, 9.17) is 10.9 Å². The molecular weight excluding hydrogens is 266 g/mol. The molecule has 0 amide bonds. The summed E-state index contributed by atoms with van der Waals surface area (Å²) in [6.45, 7) is 3.07. The van der Waals surface area contributed by atoms with Crippen molar-refractivity contribution >= 4 is 5.84 Å². The zero-order valence-corrected chi connectivity index (χ0v) is 12.5. The number of nitrogens with two attached hydrogens (primary N) is 1. The van der Waals surface area contributed by atoms with Crippen molar-refractivity contribution in [1.29, 1.82) is 0 Å². The molecule has 5 N–H and O–H groups in total. The van der Waals surface area contributed by atoms with Crippen molar-refractivity contribution in [3.8, 4) is 0 Å². The Kier molecular flexibility index (Phi) is 5.59. The fourth-order valence-electron chi connectivity index (χ4n) is 3.05. The first-order valence-electron chi connectivity index (χ1n) is 7.57. The molecule has 116 valence electrons. The molecule has 2 unspecified atom stereocenters. The van der Waals surface area contributed by atoms with E-state index in [9.17, 15) is 5.11 Å². The number of aliphatic hydroxyl groups excluding tert-OH is 1. The van der Waals surface area contributed by atoms with Crippen LogP contribution in [0.3, 0.4) is 0 Å². The fourth-order valence-corrected chi connectivity index (χ4v) is 3.05. The van der Waals surface area contributed by atoms with Gasteiger partial charge in [0.1, 0.15) is 0 Å². The van der Waals surface area contributed by atoms with Crippen molar-refractivity contribution in [1.82, 2.24) is 5.32 Å². The van der Waals surface area contributed by atoms with E-state index in [1.54, 1.807) is 0 Å². The second-order valence-electron chi connectivity index (χ2n) is 5.84. The molecule has 0 aromatic heterocycles. The van der Waals surface area contributed by atoms with Gasteiger partial charge in [0.15, 0.2) is 5.84 Å². The second kappa shape index (κ2) is 7.43. The lowest BCUT2D eigenvalue weighted by molar-refractivity contribution is 0.152. The Morgan fingerprint density at radius 1 is 1.38 bits per heavy atom. The normalized spacial score (nSPS) is 23.2. The number of hydrogen-bond acceptors (Lipinski definition) is 4. The number of amidine groups is 1. The van der Waals surface area contributed by atoms with Gasteiger partial charge in [0.2, 0.25) is 0 Å². The lowest BCUT2D eigenvalue weighted by atomic mass is 9.85. The van der Waals surface area contributed by atoms with Crippen LogP contribution in [0.4, 0.5) is 0 Å². The summed E-state index contributed by atoms with van der Waals surface area (Å²) in [5.74, 6) is 0.501. The third kappa shape index (κ3) is 3.95. The van der Waals surface area contributed by atoms with Gasteiger partial charge in [0.05, 0.1) is 0 Å². The predicted octanol–water partition coefficient (Wildman–Crippen LogP) is 1.73. The zero-order valence-electron chi connectivity index (χ0n) is 12.5. The van der Waals surface area contributed by atoms with Crippen LogP contribution in [0, 0.1) is 12.8 Å².